The Bertz CT molecular complexity index is 929. The van der Waals surface area contributed by atoms with E-state index in [1.54, 1.807) is 17.3 Å². The Kier molecular flexibility index (Phi) is 5.68. The molecule has 9 nitrogen and oxygen atoms in total. The minimum Gasteiger partial charge on any atom is -0.391 e. The van der Waals surface area contributed by atoms with Gasteiger partial charge < -0.3 is 20.2 Å². The van der Waals surface area contributed by atoms with Gasteiger partial charge in [-0.2, -0.15) is 5.10 Å². The zero-order valence-electron chi connectivity index (χ0n) is 16.7. The van der Waals surface area contributed by atoms with Crippen molar-refractivity contribution >= 4 is 11.6 Å². The Hall–Kier alpha value is -3.04. The zero-order chi connectivity index (χ0) is 20.2. The number of aromatic nitrogens is 5. The number of anilines is 2. The molecule has 0 bridgehead atoms. The fraction of sp³-hybridized carbons (Fsp3) is 0.400. The second kappa shape index (κ2) is 8.54. The summed E-state index contributed by atoms with van der Waals surface area (Å²) in [7, 11) is 4.08. The van der Waals surface area contributed by atoms with Gasteiger partial charge in [-0.15, -0.1) is 0 Å². The molecule has 2 atom stereocenters. The molecule has 2 aromatic heterocycles. The summed E-state index contributed by atoms with van der Waals surface area (Å²) in [5.41, 5.74) is 0.961. The Labute approximate surface area is 170 Å². The van der Waals surface area contributed by atoms with Gasteiger partial charge in [0.05, 0.1) is 18.3 Å². The first-order valence-electron chi connectivity index (χ1n) is 9.70. The third kappa shape index (κ3) is 4.52. The van der Waals surface area contributed by atoms with Gasteiger partial charge in [0.25, 0.3) is 0 Å². The molecule has 0 spiro atoms. The first-order chi connectivity index (χ1) is 14.1. The minimum absolute atomic E-state index is 0.226. The van der Waals surface area contributed by atoms with Crippen LogP contribution in [0.2, 0.25) is 0 Å². The maximum Gasteiger partial charge on any atom is 0.151 e. The van der Waals surface area contributed by atoms with E-state index >= 15 is 0 Å². The molecule has 1 aromatic carbocycles. The lowest BCUT2D eigenvalue weighted by Gasteiger charge is -2.27. The summed E-state index contributed by atoms with van der Waals surface area (Å²) in [5, 5.41) is 17.8. The lowest BCUT2D eigenvalue weighted by Crippen LogP contribution is -2.38. The standard InChI is InChI=1S/C20H26N8O/c1-26(2)11-16-8-17(29)12-27(16)19-9-18(22-13-23-19)21-10-20-24-14-25-28(20)15-6-4-3-5-7-15/h3-7,9,13-14,16-17,29H,8,10-12H2,1-2H3,(H,21,22,23)/t16-,17-/m1/s1. The van der Waals surface area contributed by atoms with Crippen molar-refractivity contribution in [1.82, 2.24) is 29.6 Å². The van der Waals surface area contributed by atoms with Crippen LogP contribution in [0.1, 0.15) is 12.2 Å². The van der Waals surface area contributed by atoms with Crippen molar-refractivity contribution in [2.24, 2.45) is 0 Å². The quantitative estimate of drug-likeness (QED) is 0.617. The molecular formula is C20H26N8O. The molecule has 9 heteroatoms. The second-order valence-electron chi connectivity index (χ2n) is 7.50. The highest BCUT2D eigenvalue weighted by Crippen LogP contribution is 2.25. The van der Waals surface area contributed by atoms with Gasteiger partial charge in [0, 0.05) is 25.2 Å². The van der Waals surface area contributed by atoms with Crippen molar-refractivity contribution in [2.45, 2.75) is 25.1 Å². The number of hydrogen-bond donors (Lipinski definition) is 2. The molecule has 2 N–H and O–H groups in total. The van der Waals surface area contributed by atoms with Gasteiger partial charge in [0.1, 0.15) is 24.3 Å². The number of hydrogen-bond acceptors (Lipinski definition) is 8. The molecule has 1 aliphatic rings. The monoisotopic (exact) mass is 394 g/mol. The first-order valence-corrected chi connectivity index (χ1v) is 9.70. The third-order valence-electron chi connectivity index (χ3n) is 4.96. The molecule has 0 aliphatic carbocycles. The van der Waals surface area contributed by atoms with E-state index in [4.69, 9.17) is 0 Å². The van der Waals surface area contributed by atoms with Gasteiger partial charge in [-0.3, -0.25) is 0 Å². The van der Waals surface area contributed by atoms with Crippen LogP contribution in [0, 0.1) is 0 Å². The lowest BCUT2D eigenvalue weighted by atomic mass is 10.2. The van der Waals surface area contributed by atoms with Crippen LogP contribution in [0.3, 0.4) is 0 Å². The molecule has 0 unspecified atom stereocenters. The summed E-state index contributed by atoms with van der Waals surface area (Å²) in [4.78, 5) is 17.4. The number of para-hydroxylation sites is 1. The number of aliphatic hydroxyl groups is 1. The van der Waals surface area contributed by atoms with E-state index in [2.05, 4.69) is 35.2 Å². The lowest BCUT2D eigenvalue weighted by molar-refractivity contribution is 0.191. The fourth-order valence-corrected chi connectivity index (χ4v) is 3.71. The van der Waals surface area contributed by atoms with Crippen LogP contribution in [0.25, 0.3) is 5.69 Å². The van der Waals surface area contributed by atoms with Gasteiger partial charge in [0.15, 0.2) is 5.82 Å². The van der Waals surface area contributed by atoms with E-state index in [9.17, 15) is 5.11 Å². The Morgan fingerprint density at radius 2 is 1.97 bits per heavy atom. The Morgan fingerprint density at radius 3 is 2.76 bits per heavy atom. The number of likely N-dealkylation sites (N-methyl/N-ethyl adjacent to an activating group) is 1. The molecule has 29 heavy (non-hydrogen) atoms. The molecule has 1 aliphatic heterocycles. The molecule has 3 aromatic rings. The molecule has 0 saturated carbocycles. The summed E-state index contributed by atoms with van der Waals surface area (Å²) in [5.74, 6) is 2.32. The van der Waals surface area contributed by atoms with Gasteiger partial charge in [-0.25, -0.2) is 19.6 Å². The molecular weight excluding hydrogens is 368 g/mol. The summed E-state index contributed by atoms with van der Waals surface area (Å²) in [6.45, 7) is 1.93. The van der Waals surface area contributed by atoms with E-state index in [-0.39, 0.29) is 12.1 Å². The number of nitrogens with one attached hydrogen (secondary N) is 1. The predicted molar refractivity (Wildman–Crippen MR) is 111 cm³/mol. The summed E-state index contributed by atoms with van der Waals surface area (Å²) < 4.78 is 1.80. The average molecular weight is 394 g/mol. The SMILES string of the molecule is CN(C)C[C@H]1C[C@@H](O)CN1c1cc(NCc2ncnn2-c2ccccc2)ncn1. The highest BCUT2D eigenvalue weighted by atomic mass is 16.3. The van der Waals surface area contributed by atoms with E-state index < -0.39 is 0 Å². The van der Waals surface area contributed by atoms with Crippen LogP contribution in [0.15, 0.2) is 49.1 Å². The highest BCUT2D eigenvalue weighted by Gasteiger charge is 2.32. The molecule has 1 saturated heterocycles. The zero-order valence-corrected chi connectivity index (χ0v) is 16.7. The summed E-state index contributed by atoms with van der Waals surface area (Å²) in [6, 6.07) is 12.0. The van der Waals surface area contributed by atoms with E-state index in [0.29, 0.717) is 18.9 Å². The van der Waals surface area contributed by atoms with Crippen LogP contribution in [-0.4, -0.2) is 74.1 Å². The topological polar surface area (TPSA) is 95.2 Å². The van der Waals surface area contributed by atoms with Crippen LogP contribution in [0.5, 0.6) is 0 Å². The van der Waals surface area contributed by atoms with Crippen LogP contribution in [-0.2, 0) is 6.54 Å². The molecule has 0 radical (unpaired) electrons. The summed E-state index contributed by atoms with van der Waals surface area (Å²) >= 11 is 0. The fourth-order valence-electron chi connectivity index (χ4n) is 3.71. The molecule has 3 heterocycles. The predicted octanol–water partition coefficient (Wildman–Crippen LogP) is 1.17. The van der Waals surface area contributed by atoms with Crippen molar-refractivity contribution in [3.63, 3.8) is 0 Å². The third-order valence-corrected chi connectivity index (χ3v) is 4.96. The molecule has 0 amide bonds. The number of benzene rings is 1. The van der Waals surface area contributed by atoms with Crippen molar-refractivity contribution in [3.05, 3.63) is 54.9 Å². The Morgan fingerprint density at radius 1 is 1.14 bits per heavy atom. The molecule has 1 fully saturated rings. The smallest absolute Gasteiger partial charge is 0.151 e. The number of rotatable bonds is 7. The van der Waals surface area contributed by atoms with Gasteiger partial charge in [-0.1, -0.05) is 18.2 Å². The van der Waals surface area contributed by atoms with E-state index in [0.717, 1.165) is 30.3 Å². The van der Waals surface area contributed by atoms with Crippen LogP contribution in [0.4, 0.5) is 11.6 Å². The van der Waals surface area contributed by atoms with E-state index in [1.165, 1.54) is 0 Å². The van der Waals surface area contributed by atoms with Gasteiger partial charge >= 0.3 is 0 Å². The normalized spacial score (nSPS) is 19.1. The van der Waals surface area contributed by atoms with Crippen LogP contribution >= 0.6 is 0 Å². The minimum atomic E-state index is -0.337. The maximum absolute atomic E-state index is 10.1. The number of nitrogens with zero attached hydrogens (tertiary/aromatic N) is 7. The van der Waals surface area contributed by atoms with Crippen molar-refractivity contribution in [1.29, 1.82) is 0 Å². The van der Waals surface area contributed by atoms with Crippen LogP contribution < -0.4 is 10.2 Å². The highest BCUT2D eigenvalue weighted by molar-refractivity contribution is 5.50. The number of β-amino-alcohol motifs (C(OH)–C–C–N with tert-alkyl or cyclic N) is 1. The summed E-state index contributed by atoms with van der Waals surface area (Å²) in [6.07, 6.45) is 3.51. The van der Waals surface area contributed by atoms with Gasteiger partial charge in [0.2, 0.25) is 0 Å². The molecule has 4 rings (SSSR count). The first kappa shape index (κ1) is 19.3. The van der Waals surface area contributed by atoms with Crippen molar-refractivity contribution in [2.75, 3.05) is 37.4 Å². The van der Waals surface area contributed by atoms with Gasteiger partial charge in [-0.05, 0) is 32.6 Å². The Balaban J connectivity index is 1.47. The van der Waals surface area contributed by atoms with E-state index in [1.807, 2.05) is 50.5 Å². The van der Waals surface area contributed by atoms with Crippen molar-refractivity contribution in [3.8, 4) is 5.69 Å². The largest absolute Gasteiger partial charge is 0.391 e. The van der Waals surface area contributed by atoms with Crippen molar-refractivity contribution < 1.29 is 5.11 Å². The average Bonchev–Trinajstić information content (AvgIpc) is 3.33. The molecule has 152 valence electrons. The number of aliphatic hydroxyl groups excluding tert-OH is 1. The maximum atomic E-state index is 10.1. The second-order valence-corrected chi connectivity index (χ2v) is 7.50.